The zero-order valence-corrected chi connectivity index (χ0v) is 12.4. The van der Waals surface area contributed by atoms with Crippen LogP contribution in [0.25, 0.3) is 0 Å². The Morgan fingerprint density at radius 3 is 2.77 bits per heavy atom. The molecule has 5 nitrogen and oxygen atoms in total. The summed E-state index contributed by atoms with van der Waals surface area (Å²) < 4.78 is 1.92. The molecular weight excluding hydrogens is 278 g/mol. The number of aromatic nitrogens is 2. The van der Waals surface area contributed by atoms with Crippen LogP contribution in [0, 0.1) is 11.8 Å². The molecule has 1 aliphatic rings. The van der Waals surface area contributed by atoms with Crippen LogP contribution in [0.1, 0.15) is 24.0 Å². The zero-order valence-electron chi connectivity index (χ0n) is 12.4. The summed E-state index contributed by atoms with van der Waals surface area (Å²) in [5.74, 6) is 5.90. The Labute approximate surface area is 129 Å². The van der Waals surface area contributed by atoms with Crippen LogP contribution in [-0.2, 0) is 11.4 Å². The number of hydrogen-bond donors (Lipinski definition) is 1. The lowest BCUT2D eigenvalue weighted by Crippen LogP contribution is -2.11. The van der Waals surface area contributed by atoms with Crippen LogP contribution in [-0.4, -0.2) is 33.1 Å². The smallest absolute Gasteiger partial charge is 0.126 e. The monoisotopic (exact) mass is 295 g/mol. The van der Waals surface area contributed by atoms with Crippen molar-refractivity contribution in [3.8, 4) is 11.8 Å². The minimum absolute atomic E-state index is 0.582. The van der Waals surface area contributed by atoms with E-state index < -0.39 is 5.60 Å². The van der Waals surface area contributed by atoms with Crippen molar-refractivity contribution < 1.29 is 9.94 Å². The average molecular weight is 295 g/mol. The van der Waals surface area contributed by atoms with E-state index in [0.29, 0.717) is 6.54 Å². The highest BCUT2D eigenvalue weighted by Crippen LogP contribution is 2.33. The third kappa shape index (κ3) is 3.54. The van der Waals surface area contributed by atoms with Crippen molar-refractivity contribution in [1.82, 2.24) is 9.55 Å². The van der Waals surface area contributed by atoms with Crippen molar-refractivity contribution >= 4 is 5.71 Å². The molecule has 5 heteroatoms. The lowest BCUT2D eigenvalue weighted by atomic mass is 10.1. The maximum absolute atomic E-state index is 9.73. The fraction of sp³-hybridized carbons (Fsp3) is 0.294. The number of benzene rings is 1. The molecule has 112 valence electrons. The van der Waals surface area contributed by atoms with E-state index >= 15 is 0 Å². The number of oxime groups is 1. The van der Waals surface area contributed by atoms with Crippen LogP contribution in [0.3, 0.4) is 0 Å². The summed E-state index contributed by atoms with van der Waals surface area (Å²) in [6.07, 6.45) is 6.88. The first kappa shape index (κ1) is 14.4. The van der Waals surface area contributed by atoms with Gasteiger partial charge in [-0.2, -0.15) is 0 Å². The van der Waals surface area contributed by atoms with Gasteiger partial charge in [-0.25, -0.2) is 4.98 Å². The summed E-state index contributed by atoms with van der Waals surface area (Å²) in [5.41, 5.74) is 1.90. The number of aliphatic hydroxyl groups is 1. The Hall–Kier alpha value is -2.58. The van der Waals surface area contributed by atoms with Crippen LogP contribution >= 0.6 is 0 Å². The minimum Gasteiger partial charge on any atom is -0.399 e. The van der Waals surface area contributed by atoms with Crippen LogP contribution in [0.2, 0.25) is 0 Å². The number of imidazole rings is 1. The predicted octanol–water partition coefficient (Wildman–Crippen LogP) is 1.81. The van der Waals surface area contributed by atoms with Gasteiger partial charge in [0.05, 0.1) is 12.9 Å². The maximum Gasteiger partial charge on any atom is 0.126 e. The molecule has 0 spiro atoms. The molecule has 1 aromatic heterocycles. The molecule has 0 unspecified atom stereocenters. The van der Waals surface area contributed by atoms with Gasteiger partial charge in [-0.1, -0.05) is 29.1 Å². The molecule has 1 aliphatic carbocycles. The summed E-state index contributed by atoms with van der Waals surface area (Å²) in [7, 11) is 1.53. The van der Waals surface area contributed by atoms with E-state index in [1.165, 1.54) is 7.11 Å². The molecule has 0 radical (unpaired) electrons. The lowest BCUT2D eigenvalue weighted by Gasteiger charge is -2.07. The van der Waals surface area contributed by atoms with Crippen LogP contribution in [0.15, 0.2) is 48.1 Å². The minimum atomic E-state index is -0.747. The molecule has 2 aromatic rings. The van der Waals surface area contributed by atoms with E-state index in [0.717, 1.165) is 29.7 Å². The first-order valence-corrected chi connectivity index (χ1v) is 7.10. The fourth-order valence-corrected chi connectivity index (χ4v) is 2.01. The molecule has 1 saturated carbocycles. The van der Waals surface area contributed by atoms with Gasteiger partial charge in [-0.05, 0) is 25.0 Å². The molecule has 0 aliphatic heterocycles. The average Bonchev–Trinajstić information content (AvgIpc) is 3.05. The molecule has 0 amide bonds. The van der Waals surface area contributed by atoms with Gasteiger partial charge in [0.2, 0.25) is 0 Å². The summed E-state index contributed by atoms with van der Waals surface area (Å²) in [6, 6.07) is 7.76. The third-order valence-electron chi connectivity index (χ3n) is 3.47. The van der Waals surface area contributed by atoms with Crippen LogP contribution in [0.4, 0.5) is 0 Å². The van der Waals surface area contributed by atoms with Crippen molar-refractivity contribution in [1.29, 1.82) is 0 Å². The fourth-order valence-electron chi connectivity index (χ4n) is 2.01. The summed E-state index contributed by atoms with van der Waals surface area (Å²) >= 11 is 0. The SMILES string of the molecule is CO/N=C(\Cn1ccnc1)c1ccc(C#CC2(O)CC2)cc1. The highest BCUT2D eigenvalue weighted by molar-refractivity contribution is 6.00. The Balaban J connectivity index is 1.76. The van der Waals surface area contributed by atoms with E-state index in [2.05, 4.69) is 22.0 Å². The second-order valence-corrected chi connectivity index (χ2v) is 5.31. The molecule has 22 heavy (non-hydrogen) atoms. The van der Waals surface area contributed by atoms with Crippen molar-refractivity contribution in [2.45, 2.75) is 25.0 Å². The van der Waals surface area contributed by atoms with Gasteiger partial charge in [0.25, 0.3) is 0 Å². The normalized spacial score (nSPS) is 15.8. The molecular formula is C17H17N3O2. The summed E-state index contributed by atoms with van der Waals surface area (Å²) in [4.78, 5) is 8.95. The van der Waals surface area contributed by atoms with Crippen LogP contribution in [0.5, 0.6) is 0 Å². The molecule has 3 rings (SSSR count). The Bertz CT molecular complexity index is 718. The van der Waals surface area contributed by atoms with Crippen molar-refractivity contribution in [2.75, 3.05) is 7.11 Å². The van der Waals surface area contributed by atoms with Crippen molar-refractivity contribution in [3.63, 3.8) is 0 Å². The standard InChI is InChI=1S/C17H17N3O2/c1-22-19-16(12-20-11-10-18-13-20)15-4-2-14(3-5-15)6-7-17(21)8-9-17/h2-5,10-11,13,21H,8-9,12H2,1H3/b19-16+. The van der Waals surface area contributed by atoms with E-state index in [-0.39, 0.29) is 0 Å². The van der Waals surface area contributed by atoms with Gasteiger partial charge in [-0.15, -0.1) is 0 Å². The first-order valence-electron chi connectivity index (χ1n) is 7.10. The van der Waals surface area contributed by atoms with Gasteiger partial charge in [0.1, 0.15) is 18.4 Å². The topological polar surface area (TPSA) is 59.6 Å². The van der Waals surface area contributed by atoms with Gasteiger partial charge in [0.15, 0.2) is 0 Å². The Morgan fingerprint density at radius 1 is 1.41 bits per heavy atom. The third-order valence-corrected chi connectivity index (χ3v) is 3.47. The number of rotatable bonds is 4. The summed E-state index contributed by atoms with van der Waals surface area (Å²) in [5, 5.41) is 13.8. The zero-order chi connectivity index (χ0) is 15.4. The molecule has 1 aromatic carbocycles. The van der Waals surface area contributed by atoms with Gasteiger partial charge < -0.3 is 14.5 Å². The van der Waals surface area contributed by atoms with E-state index in [1.54, 1.807) is 12.5 Å². The van der Waals surface area contributed by atoms with Gasteiger partial charge >= 0.3 is 0 Å². The van der Waals surface area contributed by atoms with Gasteiger partial charge in [0, 0.05) is 23.5 Å². The quantitative estimate of drug-likeness (QED) is 0.531. The van der Waals surface area contributed by atoms with E-state index in [4.69, 9.17) is 4.84 Å². The van der Waals surface area contributed by atoms with Crippen LogP contribution < -0.4 is 0 Å². The van der Waals surface area contributed by atoms with Gasteiger partial charge in [-0.3, -0.25) is 0 Å². The van der Waals surface area contributed by atoms with E-state index in [9.17, 15) is 5.11 Å². The molecule has 0 saturated heterocycles. The highest BCUT2D eigenvalue weighted by Gasteiger charge is 2.38. The maximum atomic E-state index is 9.73. The number of nitrogens with zero attached hydrogens (tertiary/aromatic N) is 3. The van der Waals surface area contributed by atoms with Crippen molar-refractivity contribution in [3.05, 3.63) is 54.1 Å². The predicted molar refractivity (Wildman–Crippen MR) is 83.3 cm³/mol. The van der Waals surface area contributed by atoms with E-state index in [1.807, 2.05) is 35.0 Å². The highest BCUT2D eigenvalue weighted by atomic mass is 16.6. The second-order valence-electron chi connectivity index (χ2n) is 5.31. The Morgan fingerprint density at radius 2 is 2.18 bits per heavy atom. The lowest BCUT2D eigenvalue weighted by molar-refractivity contribution is 0.212. The largest absolute Gasteiger partial charge is 0.399 e. The molecule has 1 fully saturated rings. The molecule has 0 atom stereocenters. The Kier molecular flexibility index (Phi) is 3.94. The van der Waals surface area contributed by atoms with Crippen molar-refractivity contribution in [2.24, 2.45) is 5.16 Å². The molecule has 1 heterocycles. The molecule has 0 bridgehead atoms. The summed E-state index contributed by atoms with van der Waals surface area (Å²) in [6.45, 7) is 0.582. The molecule has 1 N–H and O–H groups in total. The number of hydrogen-bond acceptors (Lipinski definition) is 4. The second kappa shape index (κ2) is 6.04. The first-order chi connectivity index (χ1) is 10.7.